The van der Waals surface area contributed by atoms with Crippen molar-refractivity contribution in [2.45, 2.75) is 24.8 Å². The summed E-state index contributed by atoms with van der Waals surface area (Å²) in [5, 5.41) is 2.72. The predicted octanol–water partition coefficient (Wildman–Crippen LogP) is 0.840. The van der Waals surface area contributed by atoms with Gasteiger partial charge in [0.05, 0.1) is 12.0 Å². The molecule has 1 fully saturated rings. The number of nitrogens with one attached hydrogen (secondary N) is 1. The molecule has 0 saturated carbocycles. The zero-order valence-corrected chi connectivity index (χ0v) is 13.2. The Labute approximate surface area is 125 Å². The number of sulfonamides is 1. The van der Waals surface area contributed by atoms with Crippen LogP contribution in [-0.2, 0) is 14.8 Å². The lowest BCUT2D eigenvalue weighted by Gasteiger charge is -2.36. The van der Waals surface area contributed by atoms with Gasteiger partial charge in [-0.2, -0.15) is 4.31 Å². The molecule has 0 aliphatic carbocycles. The van der Waals surface area contributed by atoms with Crippen molar-refractivity contribution in [3.05, 3.63) is 24.3 Å². The van der Waals surface area contributed by atoms with E-state index in [2.05, 4.69) is 5.32 Å². The van der Waals surface area contributed by atoms with Crippen LogP contribution < -0.4 is 10.1 Å². The molecule has 1 aliphatic rings. The summed E-state index contributed by atoms with van der Waals surface area (Å²) in [4.78, 5) is 12.2. The number of carbonyl (C=O) groups is 1. The van der Waals surface area contributed by atoms with Gasteiger partial charge in [0.15, 0.2) is 0 Å². The van der Waals surface area contributed by atoms with E-state index in [0.717, 1.165) is 0 Å². The molecule has 0 radical (unpaired) electrons. The van der Waals surface area contributed by atoms with Crippen molar-refractivity contribution in [1.29, 1.82) is 0 Å². The SMILES string of the molecule is COc1ccc(S(=O)(=O)N2CCNC(=O)C2C(C)C)cc1. The molecule has 1 atom stereocenters. The van der Waals surface area contributed by atoms with E-state index in [4.69, 9.17) is 4.74 Å². The lowest BCUT2D eigenvalue weighted by atomic mass is 10.0. The molecule has 1 aliphatic heterocycles. The van der Waals surface area contributed by atoms with Crippen molar-refractivity contribution in [2.75, 3.05) is 20.2 Å². The summed E-state index contributed by atoms with van der Waals surface area (Å²) < 4.78 is 31.8. The Morgan fingerprint density at radius 3 is 2.43 bits per heavy atom. The Bertz CT molecular complexity index is 610. The molecular weight excluding hydrogens is 292 g/mol. The summed E-state index contributed by atoms with van der Waals surface area (Å²) in [7, 11) is -2.18. The first-order valence-electron chi connectivity index (χ1n) is 6.81. The maximum atomic E-state index is 12.8. The van der Waals surface area contributed by atoms with Gasteiger partial charge in [-0.05, 0) is 30.2 Å². The van der Waals surface area contributed by atoms with Gasteiger partial charge in [-0.15, -0.1) is 0 Å². The summed E-state index contributed by atoms with van der Waals surface area (Å²) in [5.74, 6) is 0.248. The standard InChI is InChI=1S/C14H20N2O4S/c1-10(2)13-14(17)15-8-9-16(13)21(18,19)12-6-4-11(20-3)5-7-12/h4-7,10,13H,8-9H2,1-3H3,(H,15,17). The molecule has 0 aromatic heterocycles. The van der Waals surface area contributed by atoms with E-state index in [9.17, 15) is 13.2 Å². The second-order valence-electron chi connectivity index (χ2n) is 5.27. The maximum Gasteiger partial charge on any atom is 0.243 e. The first-order chi connectivity index (χ1) is 9.87. The van der Waals surface area contributed by atoms with Crippen LogP contribution in [0.15, 0.2) is 29.2 Å². The van der Waals surface area contributed by atoms with Crippen LogP contribution in [0.4, 0.5) is 0 Å². The number of methoxy groups -OCH3 is 1. The van der Waals surface area contributed by atoms with Gasteiger partial charge in [-0.1, -0.05) is 13.8 Å². The molecule has 0 bridgehead atoms. The molecule has 1 saturated heterocycles. The van der Waals surface area contributed by atoms with Crippen LogP contribution in [0, 0.1) is 5.92 Å². The number of piperazine rings is 1. The van der Waals surface area contributed by atoms with Crippen LogP contribution in [-0.4, -0.2) is 44.9 Å². The van der Waals surface area contributed by atoms with Gasteiger partial charge in [0, 0.05) is 13.1 Å². The Hall–Kier alpha value is -1.60. The summed E-state index contributed by atoms with van der Waals surface area (Å²) in [6.45, 7) is 4.29. The highest BCUT2D eigenvalue weighted by molar-refractivity contribution is 7.89. The minimum absolute atomic E-state index is 0.0988. The average molecular weight is 312 g/mol. The van der Waals surface area contributed by atoms with Crippen molar-refractivity contribution < 1.29 is 17.9 Å². The Morgan fingerprint density at radius 1 is 1.29 bits per heavy atom. The van der Waals surface area contributed by atoms with E-state index in [-0.39, 0.29) is 23.3 Å². The van der Waals surface area contributed by atoms with E-state index in [1.165, 1.54) is 23.5 Å². The van der Waals surface area contributed by atoms with Crippen LogP contribution in [0.1, 0.15) is 13.8 Å². The van der Waals surface area contributed by atoms with E-state index in [0.29, 0.717) is 12.3 Å². The van der Waals surface area contributed by atoms with E-state index < -0.39 is 16.1 Å². The van der Waals surface area contributed by atoms with Gasteiger partial charge in [0.25, 0.3) is 0 Å². The predicted molar refractivity (Wildman–Crippen MR) is 78.5 cm³/mol. The van der Waals surface area contributed by atoms with Gasteiger partial charge < -0.3 is 10.1 Å². The Kier molecular flexibility index (Phi) is 4.53. The number of hydrogen-bond acceptors (Lipinski definition) is 4. The molecule has 1 N–H and O–H groups in total. The minimum atomic E-state index is -3.70. The molecule has 1 amide bonds. The van der Waals surface area contributed by atoms with E-state index >= 15 is 0 Å². The van der Waals surface area contributed by atoms with Gasteiger partial charge in [0.2, 0.25) is 15.9 Å². The van der Waals surface area contributed by atoms with Crippen LogP contribution in [0.25, 0.3) is 0 Å². The van der Waals surface area contributed by atoms with Crippen molar-refractivity contribution in [3.8, 4) is 5.75 Å². The minimum Gasteiger partial charge on any atom is -0.497 e. The first kappa shape index (κ1) is 15.8. The number of amides is 1. The van der Waals surface area contributed by atoms with E-state index in [1.807, 2.05) is 13.8 Å². The van der Waals surface area contributed by atoms with Gasteiger partial charge in [-0.3, -0.25) is 4.79 Å². The zero-order valence-electron chi connectivity index (χ0n) is 12.4. The largest absolute Gasteiger partial charge is 0.497 e. The third-order valence-electron chi connectivity index (χ3n) is 3.51. The van der Waals surface area contributed by atoms with Crippen LogP contribution in [0.3, 0.4) is 0 Å². The zero-order chi connectivity index (χ0) is 15.6. The fourth-order valence-electron chi connectivity index (χ4n) is 2.45. The van der Waals surface area contributed by atoms with Gasteiger partial charge >= 0.3 is 0 Å². The summed E-state index contributed by atoms with van der Waals surface area (Å²) >= 11 is 0. The highest BCUT2D eigenvalue weighted by Gasteiger charge is 2.40. The highest BCUT2D eigenvalue weighted by Crippen LogP contribution is 2.25. The number of ether oxygens (including phenoxy) is 1. The third kappa shape index (κ3) is 3.03. The normalized spacial score (nSPS) is 20.4. The fraction of sp³-hybridized carbons (Fsp3) is 0.500. The quantitative estimate of drug-likeness (QED) is 0.894. The number of rotatable bonds is 4. The highest BCUT2D eigenvalue weighted by atomic mass is 32.2. The second kappa shape index (κ2) is 6.03. The summed E-state index contributed by atoms with van der Waals surface area (Å²) in [6.07, 6.45) is 0. The summed E-state index contributed by atoms with van der Waals surface area (Å²) in [5.41, 5.74) is 0. The maximum absolute atomic E-state index is 12.8. The van der Waals surface area contributed by atoms with Crippen LogP contribution in [0.5, 0.6) is 5.75 Å². The lowest BCUT2D eigenvalue weighted by Crippen LogP contribution is -2.58. The summed E-state index contributed by atoms with van der Waals surface area (Å²) in [6, 6.07) is 5.52. The molecule has 2 rings (SSSR count). The van der Waals surface area contributed by atoms with Gasteiger partial charge in [0.1, 0.15) is 11.8 Å². The van der Waals surface area contributed by atoms with Crippen LogP contribution in [0.2, 0.25) is 0 Å². The molecule has 1 aromatic rings. The lowest BCUT2D eigenvalue weighted by molar-refractivity contribution is -0.128. The molecule has 116 valence electrons. The molecule has 21 heavy (non-hydrogen) atoms. The number of hydrogen-bond donors (Lipinski definition) is 1. The van der Waals surface area contributed by atoms with Gasteiger partial charge in [-0.25, -0.2) is 8.42 Å². The molecule has 1 aromatic carbocycles. The van der Waals surface area contributed by atoms with Crippen molar-refractivity contribution in [2.24, 2.45) is 5.92 Å². The molecule has 0 spiro atoms. The first-order valence-corrected chi connectivity index (χ1v) is 8.25. The number of nitrogens with zero attached hydrogens (tertiary/aromatic N) is 1. The molecular formula is C14H20N2O4S. The Balaban J connectivity index is 2.38. The average Bonchev–Trinajstić information content (AvgIpc) is 2.46. The van der Waals surface area contributed by atoms with Crippen molar-refractivity contribution >= 4 is 15.9 Å². The molecule has 6 nitrogen and oxygen atoms in total. The molecule has 7 heteroatoms. The number of carbonyl (C=O) groups excluding carboxylic acids is 1. The third-order valence-corrected chi connectivity index (χ3v) is 5.40. The number of benzene rings is 1. The monoisotopic (exact) mass is 312 g/mol. The Morgan fingerprint density at radius 2 is 1.90 bits per heavy atom. The molecule has 1 unspecified atom stereocenters. The van der Waals surface area contributed by atoms with E-state index in [1.54, 1.807) is 12.1 Å². The van der Waals surface area contributed by atoms with Crippen molar-refractivity contribution in [1.82, 2.24) is 9.62 Å². The topological polar surface area (TPSA) is 75.7 Å². The van der Waals surface area contributed by atoms with Crippen molar-refractivity contribution in [3.63, 3.8) is 0 Å². The second-order valence-corrected chi connectivity index (χ2v) is 7.16. The van der Waals surface area contributed by atoms with Crippen LogP contribution >= 0.6 is 0 Å². The fourth-order valence-corrected chi connectivity index (χ4v) is 4.17. The smallest absolute Gasteiger partial charge is 0.243 e. The molecule has 1 heterocycles.